The number of rotatable bonds is 5. The number of hydrogen-bond donors (Lipinski definition) is 1. The second-order valence-electron chi connectivity index (χ2n) is 6.68. The van der Waals surface area contributed by atoms with Crippen LogP contribution in [-0.4, -0.2) is 5.91 Å². The smallest absolute Gasteiger partial charge is 0.251 e. The fraction of sp³-hybridized carbons (Fsp3) is 0.182. The van der Waals surface area contributed by atoms with Crippen LogP contribution in [0.4, 0.5) is 0 Å². The molecule has 3 aromatic rings. The number of nitrogens with zero attached hydrogens (tertiary/aromatic N) is 1. The Hall–Kier alpha value is -3.14. The van der Waals surface area contributed by atoms with Gasteiger partial charge in [-0.25, -0.2) is 0 Å². The van der Waals surface area contributed by atoms with E-state index in [2.05, 4.69) is 29.6 Å². The van der Waals surface area contributed by atoms with Gasteiger partial charge in [0.25, 0.3) is 5.91 Å². The second-order valence-corrected chi connectivity index (χ2v) is 6.68. The number of hydrogen-bond acceptors (Lipinski definition) is 2. The summed E-state index contributed by atoms with van der Waals surface area (Å²) in [4.78, 5) is 12.4. The molecule has 1 saturated carbocycles. The Labute approximate surface area is 152 Å². The van der Waals surface area contributed by atoms with E-state index in [1.807, 2.05) is 18.2 Å². The van der Waals surface area contributed by atoms with Crippen molar-refractivity contribution >= 4 is 5.91 Å². The van der Waals surface area contributed by atoms with Crippen LogP contribution in [0, 0.1) is 5.21 Å². The molecule has 1 amide bonds. The van der Waals surface area contributed by atoms with E-state index in [4.69, 9.17) is 0 Å². The maximum atomic E-state index is 12.4. The van der Waals surface area contributed by atoms with E-state index in [1.165, 1.54) is 24.6 Å². The molecule has 4 rings (SSSR count). The van der Waals surface area contributed by atoms with Crippen molar-refractivity contribution in [1.29, 1.82) is 0 Å². The Morgan fingerprint density at radius 1 is 1.00 bits per heavy atom. The molecule has 1 fully saturated rings. The standard InChI is InChI=1S/C22H20N2O2/c25-22(23-15-21-6-1-2-13-24(21)26)20-5-3-4-19(14-20)18-11-9-17(10-12-18)16-7-8-16/h1-6,9-14,16H,7-8,15H2,(H,23,25). The monoisotopic (exact) mass is 344 g/mol. The zero-order valence-corrected chi connectivity index (χ0v) is 14.4. The van der Waals surface area contributed by atoms with Gasteiger partial charge in [0.15, 0.2) is 6.20 Å². The van der Waals surface area contributed by atoms with E-state index in [1.54, 1.807) is 24.3 Å². The van der Waals surface area contributed by atoms with Gasteiger partial charge in [0.2, 0.25) is 5.69 Å². The number of pyridine rings is 1. The van der Waals surface area contributed by atoms with Gasteiger partial charge in [-0.3, -0.25) is 4.79 Å². The lowest BCUT2D eigenvalue weighted by Gasteiger charge is -2.08. The minimum atomic E-state index is -0.190. The summed E-state index contributed by atoms with van der Waals surface area (Å²) in [5.74, 6) is 0.549. The molecule has 1 N–H and O–H groups in total. The lowest BCUT2D eigenvalue weighted by Crippen LogP contribution is -2.35. The normalized spacial score (nSPS) is 13.4. The van der Waals surface area contributed by atoms with Crippen LogP contribution in [-0.2, 0) is 6.54 Å². The molecule has 26 heavy (non-hydrogen) atoms. The van der Waals surface area contributed by atoms with Crippen molar-refractivity contribution in [1.82, 2.24) is 5.32 Å². The van der Waals surface area contributed by atoms with E-state index < -0.39 is 0 Å². The third-order valence-corrected chi connectivity index (χ3v) is 4.75. The van der Waals surface area contributed by atoms with E-state index in [-0.39, 0.29) is 12.5 Å². The molecule has 0 bridgehead atoms. The highest BCUT2D eigenvalue weighted by Gasteiger charge is 2.23. The van der Waals surface area contributed by atoms with E-state index in [0.29, 0.717) is 11.3 Å². The van der Waals surface area contributed by atoms with Gasteiger partial charge >= 0.3 is 0 Å². The summed E-state index contributed by atoms with van der Waals surface area (Å²) in [5.41, 5.74) is 4.61. The first kappa shape index (κ1) is 16.3. The summed E-state index contributed by atoms with van der Waals surface area (Å²) in [6.07, 6.45) is 4.01. The molecule has 1 heterocycles. The highest BCUT2D eigenvalue weighted by atomic mass is 16.5. The first-order valence-electron chi connectivity index (χ1n) is 8.86. The van der Waals surface area contributed by atoms with Crippen LogP contribution in [0.15, 0.2) is 72.9 Å². The summed E-state index contributed by atoms with van der Waals surface area (Å²) in [6, 6.07) is 21.3. The van der Waals surface area contributed by atoms with Gasteiger partial charge in [-0.05, 0) is 53.6 Å². The maximum Gasteiger partial charge on any atom is 0.251 e. The van der Waals surface area contributed by atoms with Crippen LogP contribution in [0.2, 0.25) is 0 Å². The van der Waals surface area contributed by atoms with Gasteiger partial charge in [-0.1, -0.05) is 36.4 Å². The van der Waals surface area contributed by atoms with Crippen molar-refractivity contribution in [3.05, 3.63) is 95.0 Å². The molecule has 0 aliphatic heterocycles. The molecule has 0 radical (unpaired) electrons. The molecule has 1 aliphatic carbocycles. The highest BCUT2D eigenvalue weighted by Crippen LogP contribution is 2.40. The summed E-state index contributed by atoms with van der Waals surface area (Å²) in [6.45, 7) is 0.198. The lowest BCUT2D eigenvalue weighted by molar-refractivity contribution is -0.614. The van der Waals surface area contributed by atoms with Gasteiger partial charge in [0, 0.05) is 17.7 Å². The third-order valence-electron chi connectivity index (χ3n) is 4.75. The Kier molecular flexibility index (Phi) is 4.40. The third kappa shape index (κ3) is 3.59. The van der Waals surface area contributed by atoms with Gasteiger partial charge in [0.1, 0.15) is 6.54 Å². The molecule has 0 saturated heterocycles. The van der Waals surface area contributed by atoms with Crippen molar-refractivity contribution in [2.75, 3.05) is 0 Å². The van der Waals surface area contributed by atoms with E-state index >= 15 is 0 Å². The fourth-order valence-corrected chi connectivity index (χ4v) is 3.08. The first-order chi connectivity index (χ1) is 12.7. The zero-order chi connectivity index (χ0) is 17.9. The molecule has 4 nitrogen and oxygen atoms in total. The van der Waals surface area contributed by atoms with Crippen molar-refractivity contribution < 1.29 is 9.52 Å². The Morgan fingerprint density at radius 2 is 1.81 bits per heavy atom. The minimum Gasteiger partial charge on any atom is -0.618 e. The van der Waals surface area contributed by atoms with Crippen LogP contribution < -0.4 is 10.0 Å². The van der Waals surface area contributed by atoms with Crippen LogP contribution in [0.3, 0.4) is 0 Å². The van der Waals surface area contributed by atoms with E-state index in [9.17, 15) is 10.0 Å². The van der Waals surface area contributed by atoms with Crippen LogP contribution in [0.25, 0.3) is 11.1 Å². The maximum absolute atomic E-state index is 12.4. The molecule has 4 heteroatoms. The van der Waals surface area contributed by atoms with Gasteiger partial charge < -0.3 is 10.5 Å². The summed E-state index contributed by atoms with van der Waals surface area (Å²) < 4.78 is 0.762. The number of amides is 1. The van der Waals surface area contributed by atoms with Crippen molar-refractivity contribution in [3.63, 3.8) is 0 Å². The minimum absolute atomic E-state index is 0.190. The zero-order valence-electron chi connectivity index (χ0n) is 14.4. The molecule has 1 aromatic heterocycles. The van der Waals surface area contributed by atoms with Crippen molar-refractivity contribution in [2.45, 2.75) is 25.3 Å². The highest BCUT2D eigenvalue weighted by molar-refractivity contribution is 5.95. The lowest BCUT2D eigenvalue weighted by atomic mass is 10.0. The van der Waals surface area contributed by atoms with Gasteiger partial charge in [-0.2, -0.15) is 4.73 Å². The van der Waals surface area contributed by atoms with Gasteiger partial charge in [0.05, 0.1) is 0 Å². The molecule has 130 valence electrons. The Bertz CT molecular complexity index is 931. The molecule has 0 spiro atoms. The molecular weight excluding hydrogens is 324 g/mol. The number of aromatic nitrogens is 1. The average Bonchev–Trinajstić information content (AvgIpc) is 3.53. The molecule has 0 unspecified atom stereocenters. The summed E-state index contributed by atoms with van der Waals surface area (Å²) in [7, 11) is 0. The fourth-order valence-electron chi connectivity index (χ4n) is 3.08. The average molecular weight is 344 g/mol. The Morgan fingerprint density at radius 3 is 2.54 bits per heavy atom. The van der Waals surface area contributed by atoms with E-state index in [0.717, 1.165) is 21.8 Å². The largest absolute Gasteiger partial charge is 0.618 e. The number of nitrogens with one attached hydrogen (secondary N) is 1. The van der Waals surface area contributed by atoms with Crippen LogP contribution in [0.5, 0.6) is 0 Å². The summed E-state index contributed by atoms with van der Waals surface area (Å²) >= 11 is 0. The Balaban J connectivity index is 1.47. The van der Waals surface area contributed by atoms with Crippen LogP contribution in [0.1, 0.15) is 40.4 Å². The topological polar surface area (TPSA) is 56.0 Å². The molecule has 1 aliphatic rings. The number of carbonyl (C=O) groups is 1. The molecule has 0 atom stereocenters. The van der Waals surface area contributed by atoms with Crippen molar-refractivity contribution in [3.8, 4) is 11.1 Å². The molecular formula is C22H20N2O2. The quantitative estimate of drug-likeness (QED) is 0.565. The predicted octanol–water partition coefficient (Wildman–Crippen LogP) is 3.79. The SMILES string of the molecule is O=C(NCc1cccc[n+]1[O-])c1cccc(-c2ccc(C3CC3)cc2)c1. The molecule has 2 aromatic carbocycles. The van der Waals surface area contributed by atoms with Gasteiger partial charge in [-0.15, -0.1) is 0 Å². The van der Waals surface area contributed by atoms with Crippen molar-refractivity contribution in [2.24, 2.45) is 0 Å². The predicted molar refractivity (Wildman–Crippen MR) is 100 cm³/mol. The second kappa shape index (κ2) is 7.00. The van der Waals surface area contributed by atoms with Crippen LogP contribution >= 0.6 is 0 Å². The number of carbonyl (C=O) groups excluding carboxylic acids is 1. The number of benzene rings is 2. The summed E-state index contributed by atoms with van der Waals surface area (Å²) in [5, 5.41) is 14.5. The first-order valence-corrected chi connectivity index (χ1v) is 8.86.